The molecule has 1 atom stereocenters. The Morgan fingerprint density at radius 3 is 2.57 bits per heavy atom. The summed E-state index contributed by atoms with van der Waals surface area (Å²) in [5, 5.41) is 13.3. The van der Waals surface area contributed by atoms with E-state index in [1.54, 1.807) is 6.20 Å². The predicted octanol–water partition coefficient (Wildman–Crippen LogP) is 4.19. The number of ether oxygens (including phenoxy) is 1. The molecule has 1 fully saturated rings. The van der Waals surface area contributed by atoms with Crippen LogP contribution in [0.15, 0.2) is 12.4 Å². The number of aliphatic hydroxyl groups is 1. The lowest BCUT2D eigenvalue weighted by Crippen LogP contribution is -2.21. The van der Waals surface area contributed by atoms with E-state index in [1.807, 2.05) is 13.8 Å². The Kier molecular flexibility index (Phi) is 6.22. The van der Waals surface area contributed by atoms with Crippen molar-refractivity contribution in [1.82, 2.24) is 15.0 Å². The van der Waals surface area contributed by atoms with Crippen molar-refractivity contribution in [3.05, 3.63) is 18.0 Å². The standard InChI is InChI=1S/C19H25F3N4O2/c1-3-11(2)25-18-24-9-15-16(26-18)14(12-4-6-13(27)7-5-12)8-23-17(15)28-10-19(20,21)22/h8-9,11-13,27H,3-7,10H2,1-2H3,(H,24,25,26)/t11-,12-,13-/m0/s1. The molecule has 154 valence electrons. The van der Waals surface area contributed by atoms with Gasteiger partial charge in [0.25, 0.3) is 0 Å². The van der Waals surface area contributed by atoms with E-state index in [9.17, 15) is 18.3 Å². The number of halogens is 3. The van der Waals surface area contributed by atoms with Gasteiger partial charge >= 0.3 is 6.18 Å². The van der Waals surface area contributed by atoms with Crippen LogP contribution in [0.25, 0.3) is 10.9 Å². The number of nitrogens with zero attached hydrogens (tertiary/aromatic N) is 3. The van der Waals surface area contributed by atoms with Crippen molar-refractivity contribution in [1.29, 1.82) is 0 Å². The van der Waals surface area contributed by atoms with Crippen LogP contribution in [0.4, 0.5) is 19.1 Å². The number of anilines is 1. The van der Waals surface area contributed by atoms with Crippen molar-refractivity contribution in [3.8, 4) is 5.88 Å². The third kappa shape index (κ3) is 5.01. The topological polar surface area (TPSA) is 80.2 Å². The first-order valence-electron chi connectivity index (χ1n) is 9.56. The number of pyridine rings is 1. The van der Waals surface area contributed by atoms with Gasteiger partial charge in [-0.2, -0.15) is 13.2 Å². The van der Waals surface area contributed by atoms with Gasteiger partial charge in [0.05, 0.1) is 17.0 Å². The fraction of sp³-hybridized carbons (Fsp3) is 0.632. The van der Waals surface area contributed by atoms with Gasteiger partial charge in [-0.05, 0) is 44.9 Å². The van der Waals surface area contributed by atoms with E-state index in [4.69, 9.17) is 4.74 Å². The summed E-state index contributed by atoms with van der Waals surface area (Å²) in [5.74, 6) is 0.440. The zero-order valence-corrected chi connectivity index (χ0v) is 16.0. The molecule has 2 N–H and O–H groups in total. The highest BCUT2D eigenvalue weighted by molar-refractivity contribution is 5.86. The Hall–Kier alpha value is -2.16. The van der Waals surface area contributed by atoms with E-state index < -0.39 is 12.8 Å². The molecule has 1 saturated carbocycles. The molecule has 3 rings (SSSR count). The van der Waals surface area contributed by atoms with Crippen LogP contribution in [-0.4, -0.2) is 45.0 Å². The van der Waals surface area contributed by atoms with Gasteiger partial charge in [-0.1, -0.05) is 6.92 Å². The summed E-state index contributed by atoms with van der Waals surface area (Å²) in [6, 6.07) is 0.161. The van der Waals surface area contributed by atoms with Crippen molar-refractivity contribution < 1.29 is 23.0 Å². The number of hydrogen-bond acceptors (Lipinski definition) is 6. The lowest BCUT2D eigenvalue weighted by Gasteiger charge is -2.26. The second-order valence-electron chi connectivity index (χ2n) is 7.34. The molecule has 0 aromatic carbocycles. The lowest BCUT2D eigenvalue weighted by molar-refractivity contribution is -0.153. The predicted molar refractivity (Wildman–Crippen MR) is 99.5 cm³/mol. The maximum atomic E-state index is 12.6. The maximum Gasteiger partial charge on any atom is 0.422 e. The molecule has 2 aromatic rings. The normalized spacial score (nSPS) is 21.5. The smallest absolute Gasteiger partial charge is 0.422 e. The third-order valence-electron chi connectivity index (χ3n) is 5.11. The zero-order valence-electron chi connectivity index (χ0n) is 16.0. The molecule has 0 bridgehead atoms. The van der Waals surface area contributed by atoms with Gasteiger partial charge in [-0.3, -0.25) is 0 Å². The summed E-state index contributed by atoms with van der Waals surface area (Å²) in [6.07, 6.45) is 2.06. The van der Waals surface area contributed by atoms with Gasteiger partial charge in [0.2, 0.25) is 11.8 Å². The molecule has 0 spiro atoms. The minimum atomic E-state index is -4.45. The van der Waals surface area contributed by atoms with Gasteiger partial charge in [0.1, 0.15) is 0 Å². The average molecular weight is 398 g/mol. The summed E-state index contributed by atoms with van der Waals surface area (Å²) >= 11 is 0. The average Bonchev–Trinajstić information content (AvgIpc) is 2.66. The number of aliphatic hydroxyl groups excluding tert-OH is 1. The molecule has 0 radical (unpaired) electrons. The molecule has 0 aliphatic heterocycles. The van der Waals surface area contributed by atoms with Gasteiger partial charge in [-0.15, -0.1) is 0 Å². The van der Waals surface area contributed by atoms with Crippen LogP contribution < -0.4 is 10.1 Å². The van der Waals surface area contributed by atoms with Gasteiger partial charge in [0.15, 0.2) is 6.61 Å². The largest absolute Gasteiger partial charge is 0.467 e. The summed E-state index contributed by atoms with van der Waals surface area (Å²) in [6.45, 7) is 2.61. The molecule has 0 unspecified atom stereocenters. The first-order valence-corrected chi connectivity index (χ1v) is 9.56. The van der Waals surface area contributed by atoms with Crippen LogP contribution in [0.1, 0.15) is 57.4 Å². The summed E-state index contributed by atoms with van der Waals surface area (Å²) in [5.41, 5.74) is 1.41. The fourth-order valence-corrected chi connectivity index (χ4v) is 3.36. The Bertz CT molecular complexity index is 808. The van der Waals surface area contributed by atoms with Crippen LogP contribution in [-0.2, 0) is 0 Å². The number of alkyl halides is 3. The maximum absolute atomic E-state index is 12.6. The highest BCUT2D eigenvalue weighted by Gasteiger charge is 2.30. The molecular formula is C19H25F3N4O2. The van der Waals surface area contributed by atoms with Crippen molar-refractivity contribution in [2.75, 3.05) is 11.9 Å². The Labute approximate surface area is 161 Å². The first kappa shape index (κ1) is 20.6. The van der Waals surface area contributed by atoms with E-state index >= 15 is 0 Å². The fourth-order valence-electron chi connectivity index (χ4n) is 3.36. The minimum absolute atomic E-state index is 0.123. The molecular weight excluding hydrogens is 373 g/mol. The van der Waals surface area contributed by atoms with Crippen LogP contribution in [0, 0.1) is 0 Å². The second kappa shape index (κ2) is 8.46. The Morgan fingerprint density at radius 1 is 1.21 bits per heavy atom. The van der Waals surface area contributed by atoms with E-state index in [0.717, 1.165) is 24.8 Å². The van der Waals surface area contributed by atoms with E-state index in [2.05, 4.69) is 20.3 Å². The molecule has 0 saturated heterocycles. The zero-order chi connectivity index (χ0) is 20.3. The number of nitrogens with one attached hydrogen (secondary N) is 1. The molecule has 9 heteroatoms. The monoisotopic (exact) mass is 398 g/mol. The van der Waals surface area contributed by atoms with E-state index in [1.165, 1.54) is 6.20 Å². The number of fused-ring (bicyclic) bond motifs is 1. The highest BCUT2D eigenvalue weighted by Crippen LogP contribution is 2.37. The van der Waals surface area contributed by atoms with Gasteiger partial charge < -0.3 is 15.2 Å². The van der Waals surface area contributed by atoms with Crippen molar-refractivity contribution in [3.63, 3.8) is 0 Å². The van der Waals surface area contributed by atoms with Crippen LogP contribution in [0.3, 0.4) is 0 Å². The van der Waals surface area contributed by atoms with Gasteiger partial charge in [0, 0.05) is 24.0 Å². The third-order valence-corrected chi connectivity index (χ3v) is 5.11. The molecule has 6 nitrogen and oxygen atoms in total. The number of hydrogen-bond donors (Lipinski definition) is 2. The molecule has 28 heavy (non-hydrogen) atoms. The Morgan fingerprint density at radius 2 is 1.93 bits per heavy atom. The molecule has 2 aromatic heterocycles. The van der Waals surface area contributed by atoms with Gasteiger partial charge in [-0.25, -0.2) is 15.0 Å². The molecule has 1 aliphatic carbocycles. The van der Waals surface area contributed by atoms with Crippen LogP contribution in [0.5, 0.6) is 5.88 Å². The quantitative estimate of drug-likeness (QED) is 0.759. The van der Waals surface area contributed by atoms with E-state index in [-0.39, 0.29) is 23.9 Å². The van der Waals surface area contributed by atoms with Crippen molar-refractivity contribution in [2.45, 2.75) is 70.2 Å². The van der Waals surface area contributed by atoms with Crippen molar-refractivity contribution in [2.24, 2.45) is 0 Å². The van der Waals surface area contributed by atoms with Crippen molar-refractivity contribution >= 4 is 16.9 Å². The van der Waals surface area contributed by atoms with Crippen LogP contribution in [0.2, 0.25) is 0 Å². The number of aromatic nitrogens is 3. The lowest BCUT2D eigenvalue weighted by atomic mass is 9.83. The minimum Gasteiger partial charge on any atom is -0.467 e. The molecule has 1 aliphatic rings. The molecule has 2 heterocycles. The Balaban J connectivity index is 1.99. The highest BCUT2D eigenvalue weighted by atomic mass is 19.4. The SMILES string of the molecule is CC[C@H](C)Nc1ncc2c(OCC(F)(F)F)ncc([C@H]3CC[C@H](O)CC3)c2n1. The molecule has 0 amide bonds. The summed E-state index contributed by atoms with van der Waals surface area (Å²) in [4.78, 5) is 12.9. The first-order chi connectivity index (χ1) is 13.3. The summed E-state index contributed by atoms with van der Waals surface area (Å²) < 4.78 is 42.6. The second-order valence-corrected chi connectivity index (χ2v) is 7.34. The number of rotatable bonds is 6. The van der Waals surface area contributed by atoms with Crippen LogP contribution >= 0.6 is 0 Å². The van der Waals surface area contributed by atoms with E-state index in [0.29, 0.717) is 29.7 Å². The summed E-state index contributed by atoms with van der Waals surface area (Å²) in [7, 11) is 0.